The normalized spacial score (nSPS) is 10.2. The molecule has 0 radical (unpaired) electrons. The number of aryl methyl sites for hydroxylation is 1. The molecule has 1 rings (SSSR count). The molecule has 0 fully saturated rings. The van der Waals surface area contributed by atoms with Crippen molar-refractivity contribution in [2.24, 2.45) is 0 Å². The van der Waals surface area contributed by atoms with Gasteiger partial charge in [-0.25, -0.2) is 0 Å². The number of carbonyl (C=O) groups excluding carboxylic acids is 1. The Hall–Kier alpha value is -0.960. The van der Waals surface area contributed by atoms with Crippen molar-refractivity contribution in [3.8, 4) is 0 Å². The molecule has 94 valence electrons. The van der Waals surface area contributed by atoms with Gasteiger partial charge < -0.3 is 5.32 Å². The van der Waals surface area contributed by atoms with Crippen molar-refractivity contribution in [1.29, 1.82) is 0 Å². The van der Waals surface area contributed by atoms with Crippen LogP contribution in [0.3, 0.4) is 0 Å². The summed E-state index contributed by atoms with van der Waals surface area (Å²) < 4.78 is 0. The van der Waals surface area contributed by atoms with Crippen LogP contribution in [0.15, 0.2) is 29.2 Å². The highest BCUT2D eigenvalue weighted by Crippen LogP contribution is 2.17. The van der Waals surface area contributed by atoms with Gasteiger partial charge in [-0.15, -0.1) is 11.8 Å². The molecule has 3 heteroatoms. The molecule has 1 amide bonds. The van der Waals surface area contributed by atoms with E-state index in [1.54, 1.807) is 11.8 Å². The molecular formula is C14H21NOS. The molecular weight excluding hydrogens is 230 g/mol. The molecule has 0 atom stereocenters. The minimum atomic E-state index is 0.131. The summed E-state index contributed by atoms with van der Waals surface area (Å²) in [5.74, 6) is 0.640. The van der Waals surface area contributed by atoms with E-state index in [1.807, 2.05) is 0 Å². The summed E-state index contributed by atoms with van der Waals surface area (Å²) in [6.45, 7) is 5.03. The smallest absolute Gasteiger partial charge is 0.230 e. The van der Waals surface area contributed by atoms with Crippen LogP contribution in [0.1, 0.15) is 31.7 Å². The highest BCUT2D eigenvalue weighted by Gasteiger charge is 2.01. The van der Waals surface area contributed by atoms with Crippen molar-refractivity contribution >= 4 is 17.7 Å². The van der Waals surface area contributed by atoms with E-state index < -0.39 is 0 Å². The van der Waals surface area contributed by atoms with Crippen molar-refractivity contribution in [2.45, 2.75) is 38.0 Å². The van der Waals surface area contributed by atoms with Crippen LogP contribution >= 0.6 is 11.8 Å². The second kappa shape index (κ2) is 8.18. The third-order valence-electron chi connectivity index (χ3n) is 2.49. The second-order valence-corrected chi connectivity index (χ2v) is 5.21. The van der Waals surface area contributed by atoms with Gasteiger partial charge in [0, 0.05) is 11.4 Å². The average molecular weight is 251 g/mol. The first kappa shape index (κ1) is 14.1. The summed E-state index contributed by atoms with van der Waals surface area (Å²) in [5.41, 5.74) is 1.25. The molecule has 0 aliphatic heterocycles. The quantitative estimate of drug-likeness (QED) is 0.594. The largest absolute Gasteiger partial charge is 0.355 e. The Kier molecular flexibility index (Phi) is 6.78. The van der Waals surface area contributed by atoms with Crippen LogP contribution in [-0.4, -0.2) is 18.2 Å². The molecule has 0 spiro atoms. The molecule has 0 unspecified atom stereocenters. The molecule has 1 aromatic rings. The van der Waals surface area contributed by atoms with E-state index in [0.29, 0.717) is 5.75 Å². The molecule has 0 aliphatic carbocycles. The Balaban J connectivity index is 2.17. The van der Waals surface area contributed by atoms with Gasteiger partial charge in [0.1, 0.15) is 0 Å². The molecule has 0 aliphatic rings. The van der Waals surface area contributed by atoms with E-state index in [-0.39, 0.29) is 5.91 Å². The van der Waals surface area contributed by atoms with E-state index in [0.717, 1.165) is 17.9 Å². The van der Waals surface area contributed by atoms with Crippen LogP contribution in [-0.2, 0) is 4.79 Å². The third-order valence-corrected chi connectivity index (χ3v) is 3.51. The lowest BCUT2D eigenvalue weighted by molar-refractivity contribution is -0.118. The van der Waals surface area contributed by atoms with Crippen LogP contribution < -0.4 is 5.32 Å². The number of amides is 1. The molecule has 0 saturated carbocycles. The first-order chi connectivity index (χ1) is 8.22. The summed E-state index contributed by atoms with van der Waals surface area (Å²) in [6, 6.07) is 8.26. The Morgan fingerprint density at radius 3 is 2.59 bits per heavy atom. The summed E-state index contributed by atoms with van der Waals surface area (Å²) in [7, 11) is 0. The predicted molar refractivity (Wildman–Crippen MR) is 74.4 cm³/mol. The van der Waals surface area contributed by atoms with Gasteiger partial charge in [-0.3, -0.25) is 4.79 Å². The topological polar surface area (TPSA) is 29.1 Å². The van der Waals surface area contributed by atoms with Crippen molar-refractivity contribution in [3.05, 3.63) is 29.8 Å². The first-order valence-corrected chi connectivity index (χ1v) is 7.17. The van der Waals surface area contributed by atoms with E-state index in [1.165, 1.54) is 18.4 Å². The Labute approximate surface area is 108 Å². The fourth-order valence-corrected chi connectivity index (χ4v) is 2.17. The maximum absolute atomic E-state index is 11.5. The molecule has 0 heterocycles. The van der Waals surface area contributed by atoms with Gasteiger partial charge >= 0.3 is 0 Å². The Morgan fingerprint density at radius 2 is 1.94 bits per heavy atom. The zero-order chi connectivity index (χ0) is 12.5. The van der Waals surface area contributed by atoms with Crippen LogP contribution in [0.25, 0.3) is 0 Å². The lowest BCUT2D eigenvalue weighted by Crippen LogP contribution is -2.26. The van der Waals surface area contributed by atoms with Crippen LogP contribution in [0.5, 0.6) is 0 Å². The minimum absolute atomic E-state index is 0.131. The molecule has 17 heavy (non-hydrogen) atoms. The van der Waals surface area contributed by atoms with Crippen molar-refractivity contribution in [1.82, 2.24) is 5.32 Å². The molecule has 0 saturated heterocycles. The lowest BCUT2D eigenvalue weighted by Gasteiger charge is -2.04. The van der Waals surface area contributed by atoms with Gasteiger partial charge in [0.05, 0.1) is 5.75 Å². The van der Waals surface area contributed by atoms with Gasteiger partial charge in [-0.2, -0.15) is 0 Å². The molecule has 1 N–H and O–H groups in total. The maximum atomic E-state index is 11.5. The van der Waals surface area contributed by atoms with Gasteiger partial charge in [0.15, 0.2) is 0 Å². The number of hydrogen-bond donors (Lipinski definition) is 1. The van der Waals surface area contributed by atoms with Crippen LogP contribution in [0.2, 0.25) is 0 Å². The summed E-state index contributed by atoms with van der Waals surface area (Å²) >= 11 is 1.59. The summed E-state index contributed by atoms with van der Waals surface area (Å²) in [6.07, 6.45) is 3.46. The standard InChI is InChI=1S/C14H21NOS/c1-3-4-5-10-15-14(16)11-17-13-8-6-12(2)7-9-13/h6-9H,3-5,10-11H2,1-2H3,(H,15,16). The summed E-state index contributed by atoms with van der Waals surface area (Å²) in [5, 5.41) is 2.94. The second-order valence-electron chi connectivity index (χ2n) is 4.16. The predicted octanol–water partition coefficient (Wildman–Crippen LogP) is 3.39. The molecule has 2 nitrogen and oxygen atoms in total. The fourth-order valence-electron chi connectivity index (χ4n) is 1.44. The highest BCUT2D eigenvalue weighted by atomic mass is 32.2. The molecule has 0 bridgehead atoms. The van der Waals surface area contributed by atoms with E-state index in [2.05, 4.69) is 43.4 Å². The number of benzene rings is 1. The van der Waals surface area contributed by atoms with Gasteiger partial charge in [0.2, 0.25) is 5.91 Å². The zero-order valence-electron chi connectivity index (χ0n) is 10.7. The number of unbranched alkanes of at least 4 members (excludes halogenated alkanes) is 2. The van der Waals surface area contributed by atoms with E-state index >= 15 is 0 Å². The highest BCUT2D eigenvalue weighted by molar-refractivity contribution is 8.00. The fraction of sp³-hybridized carbons (Fsp3) is 0.500. The van der Waals surface area contributed by atoms with Crippen LogP contribution in [0.4, 0.5) is 0 Å². The van der Waals surface area contributed by atoms with Crippen molar-refractivity contribution in [2.75, 3.05) is 12.3 Å². The monoisotopic (exact) mass is 251 g/mol. The SMILES string of the molecule is CCCCCNC(=O)CSc1ccc(C)cc1. The van der Waals surface area contributed by atoms with Crippen molar-refractivity contribution in [3.63, 3.8) is 0 Å². The third kappa shape index (κ3) is 6.37. The number of nitrogens with one attached hydrogen (secondary N) is 1. The number of thioether (sulfide) groups is 1. The number of rotatable bonds is 7. The zero-order valence-corrected chi connectivity index (χ0v) is 11.5. The van der Waals surface area contributed by atoms with E-state index in [4.69, 9.17) is 0 Å². The van der Waals surface area contributed by atoms with E-state index in [9.17, 15) is 4.79 Å². The molecule has 0 aromatic heterocycles. The van der Waals surface area contributed by atoms with Gasteiger partial charge in [-0.1, -0.05) is 37.5 Å². The van der Waals surface area contributed by atoms with Crippen molar-refractivity contribution < 1.29 is 4.79 Å². The lowest BCUT2D eigenvalue weighted by atomic mass is 10.2. The molecule has 1 aromatic carbocycles. The first-order valence-electron chi connectivity index (χ1n) is 6.18. The summed E-state index contributed by atoms with van der Waals surface area (Å²) in [4.78, 5) is 12.7. The Bertz CT molecular complexity index is 335. The number of carbonyl (C=O) groups is 1. The minimum Gasteiger partial charge on any atom is -0.355 e. The average Bonchev–Trinajstić information content (AvgIpc) is 2.34. The van der Waals surface area contributed by atoms with Gasteiger partial charge in [-0.05, 0) is 25.5 Å². The number of hydrogen-bond acceptors (Lipinski definition) is 2. The van der Waals surface area contributed by atoms with Crippen LogP contribution in [0, 0.1) is 6.92 Å². The van der Waals surface area contributed by atoms with Gasteiger partial charge in [0.25, 0.3) is 0 Å². The Morgan fingerprint density at radius 1 is 1.24 bits per heavy atom. The maximum Gasteiger partial charge on any atom is 0.230 e.